The Kier molecular flexibility index (Phi) is 16.9. The third-order valence-electron chi connectivity index (χ3n) is 7.80. The molecule has 2 heterocycles. The van der Waals surface area contributed by atoms with Crippen LogP contribution in [0.5, 0.6) is 34.5 Å². The number of allylic oxidation sites excluding steroid dienone is 2. The van der Waals surface area contributed by atoms with Crippen molar-refractivity contribution in [3.8, 4) is 34.5 Å². The Labute approximate surface area is 334 Å². The molecule has 0 radical (unpaired) electrons. The number of aryl methyl sites for hydroxylation is 2. The molecule has 53 heavy (non-hydrogen) atoms. The van der Waals surface area contributed by atoms with Crippen molar-refractivity contribution in [1.82, 2.24) is 0 Å². The minimum absolute atomic E-state index is 0.00250. The molecule has 0 spiro atoms. The van der Waals surface area contributed by atoms with Gasteiger partial charge in [0, 0.05) is 60.2 Å². The van der Waals surface area contributed by atoms with Gasteiger partial charge < -0.3 is 30.0 Å². The molecule has 3 N–H and O–H groups in total. The molecular formula is C39H40BBr3F2N4O4. The third kappa shape index (κ3) is 13.7. The minimum Gasteiger partial charge on any atom is -0.504 e. The van der Waals surface area contributed by atoms with E-state index in [1.807, 2.05) is 37.3 Å². The predicted molar refractivity (Wildman–Crippen MR) is 225 cm³/mol. The van der Waals surface area contributed by atoms with Crippen LogP contribution in [0.25, 0.3) is 0 Å². The number of ether oxygens (including phenoxy) is 3. The van der Waals surface area contributed by atoms with Crippen LogP contribution in [0.3, 0.4) is 0 Å². The second-order valence-electron chi connectivity index (χ2n) is 11.5. The second kappa shape index (κ2) is 21.5. The second-order valence-corrected chi connectivity index (χ2v) is 17.9. The zero-order valence-corrected chi connectivity index (χ0v) is 34.3. The lowest BCUT2D eigenvalue weighted by atomic mass is 10.1. The summed E-state index contributed by atoms with van der Waals surface area (Å²) in [6.07, 6.45) is 10.9. The first-order valence-electron chi connectivity index (χ1n) is 16.8. The number of phenols is 1. The zero-order chi connectivity index (χ0) is 38.2. The normalized spacial score (nSPS) is 12.5. The number of aliphatic imine (C=N–C) groups is 2. The quantitative estimate of drug-likeness (QED) is 0.116. The molecule has 2 aliphatic heterocycles. The van der Waals surface area contributed by atoms with Gasteiger partial charge in [0.15, 0.2) is 46.1 Å². The van der Waals surface area contributed by atoms with Crippen molar-refractivity contribution in [2.75, 3.05) is 30.8 Å². The maximum Gasteiger partial charge on any atom is 0.369 e. The molecular weight excluding hydrogens is 877 g/mol. The zero-order valence-electron chi connectivity index (χ0n) is 29.5. The van der Waals surface area contributed by atoms with E-state index in [2.05, 4.69) is 74.8 Å². The van der Waals surface area contributed by atoms with Crippen molar-refractivity contribution in [1.29, 1.82) is 0 Å². The molecule has 0 fully saturated rings. The van der Waals surface area contributed by atoms with E-state index in [0.717, 1.165) is 48.2 Å². The summed E-state index contributed by atoms with van der Waals surface area (Å²) in [5.74, 6) is 0.621. The minimum atomic E-state index is -0.495. The van der Waals surface area contributed by atoms with Gasteiger partial charge in [0.05, 0.1) is 20.2 Å². The maximum atomic E-state index is 14.4. The molecule has 4 aromatic rings. The summed E-state index contributed by atoms with van der Waals surface area (Å²) in [5.41, 5.74) is 5.50. The Bertz CT molecular complexity index is 1960. The number of nitrogens with one attached hydrogen (secondary N) is 2. The van der Waals surface area contributed by atoms with Crippen molar-refractivity contribution < 1.29 is 28.1 Å². The Morgan fingerprint density at radius 2 is 1.11 bits per heavy atom. The van der Waals surface area contributed by atoms with Crippen LogP contribution in [-0.4, -0.2) is 39.9 Å². The molecule has 4 aromatic carbocycles. The van der Waals surface area contributed by atoms with E-state index in [-0.39, 0.29) is 26.2 Å². The van der Waals surface area contributed by atoms with Crippen LogP contribution >= 0.6 is 47.3 Å². The molecule has 0 amide bonds. The van der Waals surface area contributed by atoms with Crippen molar-refractivity contribution in [2.45, 2.75) is 39.5 Å². The maximum absolute atomic E-state index is 14.4. The van der Waals surface area contributed by atoms with Crippen molar-refractivity contribution in [3.05, 3.63) is 120 Å². The highest BCUT2D eigenvalue weighted by atomic mass is 79.9. The number of anilines is 2. The third-order valence-corrected chi connectivity index (χ3v) is 7.80. The lowest BCUT2D eigenvalue weighted by molar-refractivity contribution is 0.370. The Balaban J connectivity index is 0.000000215. The van der Waals surface area contributed by atoms with Crippen molar-refractivity contribution in [2.24, 2.45) is 9.98 Å². The smallest absolute Gasteiger partial charge is 0.369 e. The highest BCUT2D eigenvalue weighted by Crippen LogP contribution is 2.35. The van der Waals surface area contributed by atoms with Gasteiger partial charge in [0.1, 0.15) is 0 Å². The number of phenolic OH excluding ortho intramolecular Hbond substituents is 1. The summed E-state index contributed by atoms with van der Waals surface area (Å²) >= 11 is 9.31. The van der Waals surface area contributed by atoms with Crippen LogP contribution < -0.4 is 24.8 Å². The molecule has 0 bridgehead atoms. The Morgan fingerprint density at radius 3 is 1.53 bits per heavy atom. The van der Waals surface area contributed by atoms with E-state index in [0.29, 0.717) is 36.0 Å². The number of nitrogens with zero attached hydrogens (tertiary/aromatic N) is 2. The summed E-state index contributed by atoms with van der Waals surface area (Å²) in [5, 5.41) is 16.3. The average molecular weight is 917 g/mol. The van der Waals surface area contributed by atoms with Crippen molar-refractivity contribution >= 4 is 73.3 Å². The van der Waals surface area contributed by atoms with E-state index < -0.39 is 11.6 Å². The summed E-state index contributed by atoms with van der Waals surface area (Å²) in [7, 11) is 1.58. The van der Waals surface area contributed by atoms with E-state index in [9.17, 15) is 13.9 Å². The van der Waals surface area contributed by atoms with Crippen LogP contribution in [0.15, 0.2) is 107 Å². The van der Waals surface area contributed by atoms with Gasteiger partial charge in [0.2, 0.25) is 0 Å². The highest BCUT2D eigenvalue weighted by Gasteiger charge is 2.13. The molecule has 0 atom stereocenters. The highest BCUT2D eigenvalue weighted by molar-refractivity contribution is 9.69. The van der Waals surface area contributed by atoms with Crippen LogP contribution in [-0.2, 0) is 12.8 Å². The van der Waals surface area contributed by atoms with Crippen LogP contribution in [0, 0.1) is 11.6 Å². The molecule has 2 aliphatic rings. The predicted octanol–water partition coefficient (Wildman–Crippen LogP) is 11.8. The molecule has 0 aliphatic carbocycles. The summed E-state index contributed by atoms with van der Waals surface area (Å²) in [6, 6.07) is 20.2. The lowest BCUT2D eigenvalue weighted by Gasteiger charge is -2.13. The largest absolute Gasteiger partial charge is 0.504 e. The average Bonchev–Trinajstić information content (AvgIpc) is 3.88. The van der Waals surface area contributed by atoms with Gasteiger partial charge in [0.25, 0.3) is 0 Å². The molecule has 0 unspecified atom stereocenters. The van der Waals surface area contributed by atoms with E-state index in [4.69, 9.17) is 14.2 Å². The number of hydrogen-bond donors (Lipinski definition) is 3. The van der Waals surface area contributed by atoms with Gasteiger partial charge in [-0.1, -0.05) is 38.1 Å². The molecule has 8 nitrogen and oxygen atoms in total. The van der Waals surface area contributed by atoms with Gasteiger partial charge in [-0.2, -0.15) is 0 Å². The molecule has 0 aromatic heterocycles. The molecule has 6 rings (SSSR count). The number of rotatable bonds is 13. The molecule has 0 saturated carbocycles. The summed E-state index contributed by atoms with van der Waals surface area (Å²) in [6.45, 7) is 5.23. The van der Waals surface area contributed by atoms with Crippen LogP contribution in [0.4, 0.5) is 20.2 Å². The summed E-state index contributed by atoms with van der Waals surface area (Å²) in [4.78, 5) is 8.42. The molecule has 0 saturated heterocycles. The lowest BCUT2D eigenvalue weighted by Crippen LogP contribution is -2.11. The van der Waals surface area contributed by atoms with Gasteiger partial charge in [-0.3, -0.25) is 9.98 Å². The van der Waals surface area contributed by atoms with Crippen LogP contribution in [0.1, 0.15) is 37.8 Å². The standard InChI is InChI=1S/C20H21FN2O2.C19H19FN2O2.BBr3/c1-3-14-6-8-19(20(11-14)24-2)25-18-9-7-15(12-17(18)21)23-13-16-5-4-10-22-16;1-2-13-5-7-19(17(23)10-13)24-18-8-6-14(11-16(18)20)22-12-15-4-3-9-21-15;2-1(3)4/h4,6-12,23H,3,5,13H2,1-2H3;3,5-11,22-23H,2,4,12H2,1H3;. The fraction of sp³-hybridized carbons (Fsp3) is 0.231. The van der Waals surface area contributed by atoms with Gasteiger partial charge >= 0.3 is 3.18 Å². The fourth-order valence-electron chi connectivity index (χ4n) is 4.95. The number of methoxy groups -OCH3 is 1. The topological polar surface area (TPSA) is 96.7 Å². The molecule has 14 heteroatoms. The monoisotopic (exact) mass is 914 g/mol. The fourth-order valence-corrected chi connectivity index (χ4v) is 4.95. The Hall–Kier alpha value is -4.14. The Morgan fingerprint density at radius 1 is 0.660 bits per heavy atom. The first-order chi connectivity index (χ1) is 25.6. The van der Waals surface area contributed by atoms with Crippen LogP contribution in [0.2, 0.25) is 0 Å². The van der Waals surface area contributed by atoms with E-state index >= 15 is 0 Å². The number of hydrogen-bond acceptors (Lipinski definition) is 8. The number of aromatic hydroxyl groups is 1. The number of halogens is 5. The van der Waals surface area contributed by atoms with E-state index in [1.54, 1.807) is 62.0 Å². The van der Waals surface area contributed by atoms with Crippen molar-refractivity contribution in [3.63, 3.8) is 0 Å². The molecule has 278 valence electrons. The van der Waals surface area contributed by atoms with Gasteiger partial charge in [-0.05, 0) is 72.5 Å². The van der Waals surface area contributed by atoms with E-state index in [1.165, 1.54) is 12.1 Å². The SMILES string of the molecule is BrB(Br)Br.CCc1ccc(Oc2ccc(NCC3=NC=CC3)cc2F)c(O)c1.CCc1ccc(Oc2ccc(NCC3=NC=CC3)cc2F)c(OC)c1. The van der Waals surface area contributed by atoms with Gasteiger partial charge in [-0.15, -0.1) is 47.3 Å². The van der Waals surface area contributed by atoms with Gasteiger partial charge in [-0.25, -0.2) is 8.78 Å². The summed E-state index contributed by atoms with van der Waals surface area (Å²) < 4.78 is 45.4. The number of benzene rings is 4. The first kappa shape index (κ1) is 41.6. The first-order valence-corrected chi connectivity index (χ1v) is 19.6.